The van der Waals surface area contributed by atoms with E-state index >= 15 is 0 Å². The Morgan fingerprint density at radius 2 is 2.08 bits per heavy atom. The van der Waals surface area contributed by atoms with Crippen molar-refractivity contribution in [1.82, 2.24) is 5.32 Å². The number of aliphatic hydroxyl groups is 1. The molecule has 0 aromatic heterocycles. The summed E-state index contributed by atoms with van der Waals surface area (Å²) in [6.07, 6.45) is 6.25. The van der Waals surface area contributed by atoms with E-state index < -0.39 is 0 Å². The van der Waals surface area contributed by atoms with Crippen LogP contribution in [0.25, 0.3) is 0 Å². The second-order valence-corrected chi connectivity index (χ2v) is 4.31. The summed E-state index contributed by atoms with van der Waals surface area (Å²) in [5.41, 5.74) is 0. The van der Waals surface area contributed by atoms with Crippen LogP contribution in [0.4, 0.5) is 0 Å². The number of aliphatic hydroxyl groups excluding tert-OH is 1. The highest BCUT2D eigenvalue weighted by Gasteiger charge is 2.30. The van der Waals surface area contributed by atoms with E-state index in [1.165, 1.54) is 25.7 Å². The van der Waals surface area contributed by atoms with Crippen molar-refractivity contribution in [3.63, 3.8) is 0 Å². The Labute approximate surface area is 81.7 Å². The van der Waals surface area contributed by atoms with Crippen molar-refractivity contribution < 1.29 is 5.11 Å². The fourth-order valence-electron chi connectivity index (χ4n) is 1.91. The van der Waals surface area contributed by atoms with Crippen LogP contribution in [0.15, 0.2) is 0 Å². The van der Waals surface area contributed by atoms with Crippen LogP contribution in [0.2, 0.25) is 0 Å². The summed E-state index contributed by atoms with van der Waals surface area (Å²) in [7, 11) is 0. The van der Waals surface area contributed by atoms with Crippen LogP contribution in [0, 0.1) is 5.92 Å². The predicted octanol–water partition coefficient (Wildman–Crippen LogP) is 1.93. The maximum Gasteiger partial charge on any atom is 0.0445 e. The van der Waals surface area contributed by atoms with Crippen molar-refractivity contribution in [3.05, 3.63) is 0 Å². The zero-order valence-corrected chi connectivity index (χ0v) is 8.92. The van der Waals surface area contributed by atoms with Gasteiger partial charge >= 0.3 is 0 Å². The first-order valence-corrected chi connectivity index (χ1v) is 5.64. The van der Waals surface area contributed by atoms with Gasteiger partial charge in [-0.05, 0) is 38.5 Å². The number of hydrogen-bond donors (Lipinski definition) is 2. The number of hydrogen-bond acceptors (Lipinski definition) is 2. The van der Waals surface area contributed by atoms with Gasteiger partial charge in [-0.15, -0.1) is 0 Å². The fraction of sp³-hybridized carbons (Fsp3) is 1.00. The third-order valence-corrected chi connectivity index (χ3v) is 2.85. The van der Waals surface area contributed by atoms with E-state index in [9.17, 15) is 0 Å². The maximum absolute atomic E-state index is 8.79. The van der Waals surface area contributed by atoms with Gasteiger partial charge in [0.2, 0.25) is 0 Å². The molecule has 0 amide bonds. The molecule has 0 heterocycles. The molecule has 13 heavy (non-hydrogen) atoms. The molecule has 1 unspecified atom stereocenters. The molecule has 1 fully saturated rings. The summed E-state index contributed by atoms with van der Waals surface area (Å²) in [5.74, 6) is 0.932. The third kappa shape index (κ3) is 4.10. The molecule has 0 aromatic carbocycles. The van der Waals surface area contributed by atoms with E-state index in [0.717, 1.165) is 12.3 Å². The lowest BCUT2D eigenvalue weighted by molar-refractivity contribution is 0.257. The van der Waals surface area contributed by atoms with Crippen LogP contribution >= 0.6 is 0 Å². The molecule has 78 valence electrons. The van der Waals surface area contributed by atoms with Gasteiger partial charge in [0.25, 0.3) is 0 Å². The minimum absolute atomic E-state index is 0.303. The maximum atomic E-state index is 8.79. The summed E-state index contributed by atoms with van der Waals surface area (Å²) < 4.78 is 0. The SMILES string of the molecule is CCCC(N[C@H](C)CCO)C1CC1. The molecule has 0 bridgehead atoms. The van der Waals surface area contributed by atoms with E-state index in [0.29, 0.717) is 18.7 Å². The smallest absolute Gasteiger partial charge is 0.0445 e. The lowest BCUT2D eigenvalue weighted by Gasteiger charge is -2.22. The molecule has 2 N–H and O–H groups in total. The van der Waals surface area contributed by atoms with Crippen LogP contribution in [0.1, 0.15) is 46.0 Å². The van der Waals surface area contributed by atoms with Gasteiger partial charge in [-0.3, -0.25) is 0 Å². The highest BCUT2D eigenvalue weighted by molar-refractivity contribution is 4.87. The molecular weight excluding hydrogens is 162 g/mol. The lowest BCUT2D eigenvalue weighted by atomic mass is 10.1. The minimum atomic E-state index is 0.303. The van der Waals surface area contributed by atoms with Crippen LogP contribution in [0.5, 0.6) is 0 Å². The number of nitrogens with one attached hydrogen (secondary N) is 1. The Kier molecular flexibility index (Phi) is 4.74. The van der Waals surface area contributed by atoms with E-state index in [2.05, 4.69) is 19.2 Å². The average Bonchev–Trinajstić information content (AvgIpc) is 2.86. The van der Waals surface area contributed by atoms with Crippen LogP contribution < -0.4 is 5.32 Å². The molecule has 0 aliphatic heterocycles. The lowest BCUT2D eigenvalue weighted by Crippen LogP contribution is -2.38. The summed E-state index contributed by atoms with van der Waals surface area (Å²) in [5, 5.41) is 12.4. The van der Waals surface area contributed by atoms with Gasteiger partial charge in [0, 0.05) is 18.7 Å². The van der Waals surface area contributed by atoms with Crippen LogP contribution in [-0.4, -0.2) is 23.8 Å². The molecule has 0 aromatic rings. The van der Waals surface area contributed by atoms with Crippen LogP contribution in [-0.2, 0) is 0 Å². The molecule has 1 rings (SSSR count). The monoisotopic (exact) mass is 185 g/mol. The average molecular weight is 185 g/mol. The van der Waals surface area contributed by atoms with E-state index in [1.807, 2.05) is 0 Å². The molecule has 2 atom stereocenters. The van der Waals surface area contributed by atoms with Gasteiger partial charge in [0.1, 0.15) is 0 Å². The Morgan fingerprint density at radius 3 is 2.54 bits per heavy atom. The first-order chi connectivity index (χ1) is 6.27. The third-order valence-electron chi connectivity index (χ3n) is 2.85. The Hall–Kier alpha value is -0.0800. The zero-order valence-electron chi connectivity index (χ0n) is 8.92. The first kappa shape index (κ1) is 11.0. The largest absolute Gasteiger partial charge is 0.396 e. The highest BCUT2D eigenvalue weighted by Crippen LogP contribution is 2.34. The van der Waals surface area contributed by atoms with Gasteiger partial charge in [-0.1, -0.05) is 13.3 Å². The molecule has 0 saturated heterocycles. The minimum Gasteiger partial charge on any atom is -0.396 e. The molecule has 2 heteroatoms. The van der Waals surface area contributed by atoms with Gasteiger partial charge in [0.05, 0.1) is 0 Å². The van der Waals surface area contributed by atoms with Crippen molar-refractivity contribution in [2.75, 3.05) is 6.61 Å². The van der Waals surface area contributed by atoms with Crippen molar-refractivity contribution >= 4 is 0 Å². The Bertz CT molecular complexity index is 134. The van der Waals surface area contributed by atoms with Crippen molar-refractivity contribution in [2.24, 2.45) is 5.92 Å². The van der Waals surface area contributed by atoms with Crippen molar-refractivity contribution in [2.45, 2.75) is 58.0 Å². The number of rotatable bonds is 7. The van der Waals surface area contributed by atoms with Crippen molar-refractivity contribution in [1.29, 1.82) is 0 Å². The Morgan fingerprint density at radius 1 is 1.38 bits per heavy atom. The molecule has 1 aliphatic rings. The van der Waals surface area contributed by atoms with Crippen molar-refractivity contribution in [3.8, 4) is 0 Å². The predicted molar refractivity (Wildman–Crippen MR) is 55.7 cm³/mol. The molecule has 2 nitrogen and oxygen atoms in total. The fourth-order valence-corrected chi connectivity index (χ4v) is 1.91. The summed E-state index contributed by atoms with van der Waals surface area (Å²) in [4.78, 5) is 0. The van der Waals surface area contributed by atoms with E-state index in [4.69, 9.17) is 5.11 Å². The van der Waals surface area contributed by atoms with Gasteiger partial charge in [-0.2, -0.15) is 0 Å². The second kappa shape index (κ2) is 5.61. The van der Waals surface area contributed by atoms with E-state index in [1.54, 1.807) is 0 Å². The van der Waals surface area contributed by atoms with Gasteiger partial charge in [0.15, 0.2) is 0 Å². The van der Waals surface area contributed by atoms with Gasteiger partial charge < -0.3 is 10.4 Å². The topological polar surface area (TPSA) is 32.3 Å². The summed E-state index contributed by atoms with van der Waals surface area (Å²) in [6, 6.07) is 1.19. The van der Waals surface area contributed by atoms with Crippen LogP contribution in [0.3, 0.4) is 0 Å². The van der Waals surface area contributed by atoms with E-state index in [-0.39, 0.29) is 0 Å². The highest BCUT2D eigenvalue weighted by atomic mass is 16.3. The molecular formula is C11H23NO. The Balaban J connectivity index is 2.20. The molecule has 1 aliphatic carbocycles. The summed E-state index contributed by atoms with van der Waals surface area (Å²) in [6.45, 7) is 4.71. The molecule has 0 spiro atoms. The standard InChI is InChI=1S/C11H23NO/c1-3-4-11(10-5-6-10)12-9(2)7-8-13/h9-13H,3-8H2,1-2H3/t9-,11?/m1/s1. The summed E-state index contributed by atoms with van der Waals surface area (Å²) >= 11 is 0. The first-order valence-electron chi connectivity index (χ1n) is 5.64. The molecule has 1 saturated carbocycles. The van der Waals surface area contributed by atoms with Gasteiger partial charge in [-0.25, -0.2) is 0 Å². The molecule has 0 radical (unpaired) electrons. The second-order valence-electron chi connectivity index (χ2n) is 4.31. The quantitative estimate of drug-likeness (QED) is 0.635. The normalized spacial score (nSPS) is 21.5. The zero-order chi connectivity index (χ0) is 9.68.